The minimum absolute atomic E-state index is 0.0993. The van der Waals surface area contributed by atoms with E-state index in [0.717, 1.165) is 0 Å². The molecule has 0 spiro atoms. The van der Waals surface area contributed by atoms with E-state index in [2.05, 4.69) is 15.6 Å². The largest absolute Gasteiger partial charge is 0.478 e. The van der Waals surface area contributed by atoms with Gasteiger partial charge < -0.3 is 10.4 Å². The summed E-state index contributed by atoms with van der Waals surface area (Å²) < 4.78 is 0. The second-order valence-corrected chi connectivity index (χ2v) is 4.19. The summed E-state index contributed by atoms with van der Waals surface area (Å²) in [5.74, 6) is -1.73. The molecule has 1 aromatic rings. The van der Waals surface area contributed by atoms with Crippen LogP contribution in [0.4, 0.5) is 0 Å². The van der Waals surface area contributed by atoms with E-state index in [-0.39, 0.29) is 30.3 Å². The lowest BCUT2D eigenvalue weighted by Crippen LogP contribution is -2.50. The van der Waals surface area contributed by atoms with Crippen LogP contribution in [-0.4, -0.2) is 33.9 Å². The van der Waals surface area contributed by atoms with Crippen molar-refractivity contribution in [2.75, 3.05) is 0 Å². The predicted molar refractivity (Wildman–Crippen MR) is 64.2 cm³/mol. The zero-order chi connectivity index (χ0) is 13.8. The van der Waals surface area contributed by atoms with Gasteiger partial charge in [0, 0.05) is 19.2 Å². The Morgan fingerprint density at radius 1 is 1.53 bits per heavy atom. The highest BCUT2D eigenvalue weighted by molar-refractivity contribution is 6.00. The van der Waals surface area contributed by atoms with E-state index in [1.54, 1.807) is 6.07 Å². The summed E-state index contributed by atoms with van der Waals surface area (Å²) >= 11 is 0. The van der Waals surface area contributed by atoms with Gasteiger partial charge in [0.25, 0.3) is 0 Å². The fourth-order valence-corrected chi connectivity index (χ4v) is 1.88. The first kappa shape index (κ1) is 13.2. The highest BCUT2D eigenvalue weighted by atomic mass is 16.4. The lowest BCUT2D eigenvalue weighted by molar-refractivity contribution is -0.134. The van der Waals surface area contributed by atoms with E-state index in [1.807, 2.05) is 0 Å². The zero-order valence-electron chi connectivity index (χ0n) is 10.0. The average molecular weight is 263 g/mol. The van der Waals surface area contributed by atoms with Crippen LogP contribution in [0, 0.1) is 0 Å². The molecule has 2 amide bonds. The minimum Gasteiger partial charge on any atom is -0.478 e. The molecule has 7 heteroatoms. The van der Waals surface area contributed by atoms with Crippen LogP contribution in [0.25, 0.3) is 0 Å². The van der Waals surface area contributed by atoms with Crippen LogP contribution in [0.15, 0.2) is 18.3 Å². The number of hydrogen-bond acceptors (Lipinski definition) is 5. The molecule has 1 aliphatic rings. The molecular weight excluding hydrogens is 250 g/mol. The van der Waals surface area contributed by atoms with Crippen molar-refractivity contribution in [3.05, 3.63) is 29.6 Å². The summed E-state index contributed by atoms with van der Waals surface area (Å²) in [5, 5.41) is 14.1. The number of carboxylic acids is 1. The number of nitrogens with zero attached hydrogens (tertiary/aromatic N) is 1. The molecule has 7 nitrogen and oxygen atoms in total. The van der Waals surface area contributed by atoms with Crippen molar-refractivity contribution < 1.29 is 19.5 Å². The topological polar surface area (TPSA) is 108 Å². The maximum atomic E-state index is 11.5. The SMILES string of the molecule is O=C1CCC(NCc2ncccc2C(=O)O)C(=O)N1. The molecule has 2 rings (SSSR count). The Bertz CT molecular complexity index is 529. The first-order valence-corrected chi connectivity index (χ1v) is 5.82. The molecule has 1 unspecified atom stereocenters. The number of aromatic carboxylic acids is 1. The van der Waals surface area contributed by atoms with Gasteiger partial charge in [0.1, 0.15) is 0 Å². The van der Waals surface area contributed by atoms with Gasteiger partial charge >= 0.3 is 5.97 Å². The van der Waals surface area contributed by atoms with Crippen LogP contribution in [0.2, 0.25) is 0 Å². The third kappa shape index (κ3) is 3.14. The smallest absolute Gasteiger partial charge is 0.337 e. The van der Waals surface area contributed by atoms with Gasteiger partial charge in [-0.25, -0.2) is 4.79 Å². The van der Waals surface area contributed by atoms with Gasteiger partial charge in [-0.1, -0.05) is 0 Å². The molecule has 0 bridgehead atoms. The molecule has 2 heterocycles. The standard InChI is InChI=1S/C12H13N3O4/c16-10-4-3-8(11(17)15-10)14-6-9-7(12(18)19)2-1-5-13-9/h1-2,5,8,14H,3-4,6H2,(H,18,19)(H,15,16,17). The number of hydrogen-bond donors (Lipinski definition) is 3. The Balaban J connectivity index is 2.01. The molecule has 0 aromatic carbocycles. The Morgan fingerprint density at radius 3 is 3.00 bits per heavy atom. The predicted octanol–water partition coefficient (Wildman–Crippen LogP) is -0.325. The van der Waals surface area contributed by atoms with Gasteiger partial charge in [0.15, 0.2) is 0 Å². The molecule has 0 radical (unpaired) electrons. The van der Waals surface area contributed by atoms with E-state index in [4.69, 9.17) is 5.11 Å². The molecule has 1 fully saturated rings. The Kier molecular flexibility index (Phi) is 3.86. The van der Waals surface area contributed by atoms with E-state index >= 15 is 0 Å². The van der Waals surface area contributed by atoms with Crippen molar-refractivity contribution in [1.82, 2.24) is 15.6 Å². The van der Waals surface area contributed by atoms with Gasteiger partial charge in [-0.3, -0.25) is 19.9 Å². The molecule has 3 N–H and O–H groups in total. The number of aromatic nitrogens is 1. The normalized spacial score (nSPS) is 19.1. The molecule has 0 aliphatic carbocycles. The van der Waals surface area contributed by atoms with Gasteiger partial charge in [-0.15, -0.1) is 0 Å². The molecule has 1 aromatic heterocycles. The summed E-state index contributed by atoms with van der Waals surface area (Å²) in [6.45, 7) is 0.161. The van der Waals surface area contributed by atoms with Crippen LogP contribution in [0.3, 0.4) is 0 Å². The second-order valence-electron chi connectivity index (χ2n) is 4.19. The first-order valence-electron chi connectivity index (χ1n) is 5.82. The fourth-order valence-electron chi connectivity index (χ4n) is 1.88. The number of amides is 2. The summed E-state index contributed by atoms with van der Waals surface area (Å²) in [4.78, 5) is 37.5. The van der Waals surface area contributed by atoms with Crippen LogP contribution < -0.4 is 10.6 Å². The molecule has 1 saturated heterocycles. The molecule has 19 heavy (non-hydrogen) atoms. The van der Waals surface area contributed by atoms with Crippen molar-refractivity contribution >= 4 is 17.8 Å². The van der Waals surface area contributed by atoms with Gasteiger partial charge in [0.2, 0.25) is 11.8 Å². The molecule has 100 valence electrons. The minimum atomic E-state index is -1.06. The number of nitrogens with one attached hydrogen (secondary N) is 2. The maximum absolute atomic E-state index is 11.5. The summed E-state index contributed by atoms with van der Waals surface area (Å²) in [6.07, 6.45) is 2.17. The molecule has 0 saturated carbocycles. The van der Waals surface area contributed by atoms with E-state index < -0.39 is 12.0 Å². The zero-order valence-corrected chi connectivity index (χ0v) is 10.0. The van der Waals surface area contributed by atoms with E-state index in [9.17, 15) is 14.4 Å². The number of piperidine rings is 1. The third-order valence-electron chi connectivity index (χ3n) is 2.88. The Morgan fingerprint density at radius 2 is 2.32 bits per heavy atom. The van der Waals surface area contributed by atoms with E-state index in [0.29, 0.717) is 12.1 Å². The highest BCUT2D eigenvalue weighted by Crippen LogP contribution is 2.08. The highest BCUT2D eigenvalue weighted by Gasteiger charge is 2.26. The Labute approximate surface area is 109 Å². The van der Waals surface area contributed by atoms with Crippen LogP contribution in [0.1, 0.15) is 28.9 Å². The van der Waals surface area contributed by atoms with Crippen LogP contribution >= 0.6 is 0 Å². The van der Waals surface area contributed by atoms with E-state index in [1.165, 1.54) is 12.3 Å². The number of imide groups is 1. The van der Waals surface area contributed by atoms with Gasteiger partial charge in [0.05, 0.1) is 17.3 Å². The third-order valence-corrected chi connectivity index (χ3v) is 2.88. The second kappa shape index (κ2) is 5.57. The average Bonchev–Trinajstić information content (AvgIpc) is 2.38. The van der Waals surface area contributed by atoms with Gasteiger partial charge in [-0.05, 0) is 18.6 Å². The van der Waals surface area contributed by atoms with Crippen molar-refractivity contribution in [1.29, 1.82) is 0 Å². The monoisotopic (exact) mass is 263 g/mol. The van der Waals surface area contributed by atoms with Crippen molar-refractivity contribution in [3.63, 3.8) is 0 Å². The summed E-state index contributed by atoms with van der Waals surface area (Å²) in [5.41, 5.74) is 0.460. The lowest BCUT2D eigenvalue weighted by Gasteiger charge is -2.21. The maximum Gasteiger partial charge on any atom is 0.337 e. The quantitative estimate of drug-likeness (QED) is 0.642. The molecule has 1 aliphatic heterocycles. The lowest BCUT2D eigenvalue weighted by atomic mass is 10.1. The summed E-state index contributed by atoms with van der Waals surface area (Å²) in [7, 11) is 0. The number of carbonyl (C=O) groups excluding carboxylic acids is 2. The molecular formula is C12H13N3O4. The van der Waals surface area contributed by atoms with Gasteiger partial charge in [-0.2, -0.15) is 0 Å². The van der Waals surface area contributed by atoms with Crippen molar-refractivity contribution in [3.8, 4) is 0 Å². The van der Waals surface area contributed by atoms with Crippen molar-refractivity contribution in [2.45, 2.75) is 25.4 Å². The number of carboxylic acid groups (broad SMARTS) is 1. The first-order chi connectivity index (χ1) is 9.08. The van der Waals surface area contributed by atoms with Crippen LogP contribution in [0.5, 0.6) is 0 Å². The number of carbonyl (C=O) groups is 3. The number of rotatable bonds is 4. The Hall–Kier alpha value is -2.28. The molecule has 1 atom stereocenters. The fraction of sp³-hybridized carbons (Fsp3) is 0.333. The van der Waals surface area contributed by atoms with Crippen molar-refractivity contribution in [2.24, 2.45) is 0 Å². The summed E-state index contributed by atoms with van der Waals surface area (Å²) in [6, 6.07) is 2.50. The van der Waals surface area contributed by atoms with Crippen LogP contribution in [-0.2, 0) is 16.1 Å². The number of pyridine rings is 1.